The molecule has 2 heterocycles. The second-order valence-electron chi connectivity index (χ2n) is 5.99. The fourth-order valence-corrected chi connectivity index (χ4v) is 3.02. The van der Waals surface area contributed by atoms with Gasteiger partial charge in [-0.15, -0.1) is 0 Å². The van der Waals surface area contributed by atoms with Crippen LogP contribution in [0.5, 0.6) is 5.75 Å². The van der Waals surface area contributed by atoms with Crippen LogP contribution in [0.25, 0.3) is 0 Å². The predicted molar refractivity (Wildman–Crippen MR) is 91.0 cm³/mol. The number of methoxy groups -OCH3 is 1. The molecular weight excluding hydrogens is 306 g/mol. The maximum atomic E-state index is 11.9. The third-order valence-electron chi connectivity index (χ3n) is 4.33. The van der Waals surface area contributed by atoms with Crippen LogP contribution >= 0.6 is 0 Å². The molecule has 1 fully saturated rings. The van der Waals surface area contributed by atoms with Crippen molar-refractivity contribution in [3.63, 3.8) is 0 Å². The topological polar surface area (TPSA) is 72.3 Å². The second kappa shape index (κ2) is 7.81. The molecule has 1 aromatic carbocycles. The average Bonchev–Trinajstić information content (AvgIpc) is 3.29. The monoisotopic (exact) mass is 329 g/mol. The summed E-state index contributed by atoms with van der Waals surface area (Å²) in [6.07, 6.45) is 4.59. The van der Waals surface area contributed by atoms with Crippen LogP contribution < -0.4 is 15.0 Å². The molecule has 1 saturated heterocycles. The highest BCUT2D eigenvalue weighted by Crippen LogP contribution is 2.31. The van der Waals surface area contributed by atoms with Gasteiger partial charge < -0.3 is 15.0 Å². The zero-order chi connectivity index (χ0) is 16.8. The second-order valence-corrected chi connectivity index (χ2v) is 5.99. The van der Waals surface area contributed by atoms with E-state index in [1.54, 1.807) is 18.1 Å². The standard InChI is InChI=1S/C17H23N5O2/c1-24-16-5-3-2-4-15(16)21-8-6-14(11-21)10-19-17(23)7-9-22-13-18-12-20-22/h2-5,12-14H,6-11H2,1H3,(H,19,23). The van der Waals surface area contributed by atoms with E-state index in [-0.39, 0.29) is 5.91 Å². The quantitative estimate of drug-likeness (QED) is 0.829. The molecule has 7 nitrogen and oxygen atoms in total. The van der Waals surface area contributed by atoms with E-state index in [2.05, 4.69) is 26.4 Å². The van der Waals surface area contributed by atoms with Crippen LogP contribution in [0.15, 0.2) is 36.9 Å². The zero-order valence-corrected chi connectivity index (χ0v) is 13.9. The van der Waals surface area contributed by atoms with Gasteiger partial charge in [-0.05, 0) is 24.5 Å². The van der Waals surface area contributed by atoms with E-state index in [1.807, 2.05) is 18.2 Å². The van der Waals surface area contributed by atoms with Gasteiger partial charge in [0.15, 0.2) is 0 Å². The lowest BCUT2D eigenvalue weighted by molar-refractivity contribution is -0.121. The number of carbonyl (C=O) groups excluding carboxylic acids is 1. The van der Waals surface area contributed by atoms with E-state index in [9.17, 15) is 4.79 Å². The van der Waals surface area contributed by atoms with Crippen LogP contribution in [0, 0.1) is 5.92 Å². The highest BCUT2D eigenvalue weighted by Gasteiger charge is 2.24. The van der Waals surface area contributed by atoms with E-state index < -0.39 is 0 Å². The minimum atomic E-state index is 0.0567. The largest absolute Gasteiger partial charge is 0.495 e. The van der Waals surface area contributed by atoms with Crippen molar-refractivity contribution in [2.45, 2.75) is 19.4 Å². The Morgan fingerprint density at radius 2 is 2.29 bits per heavy atom. The van der Waals surface area contributed by atoms with Crippen LogP contribution in [0.2, 0.25) is 0 Å². The Labute approximate surface area is 141 Å². The molecular formula is C17H23N5O2. The summed E-state index contributed by atoms with van der Waals surface area (Å²) in [7, 11) is 1.70. The van der Waals surface area contributed by atoms with Gasteiger partial charge >= 0.3 is 0 Å². The van der Waals surface area contributed by atoms with Gasteiger partial charge in [0.05, 0.1) is 19.3 Å². The smallest absolute Gasteiger partial charge is 0.221 e. The van der Waals surface area contributed by atoms with Crippen molar-refractivity contribution < 1.29 is 9.53 Å². The highest BCUT2D eigenvalue weighted by molar-refractivity contribution is 5.75. The molecule has 1 N–H and O–H groups in total. The van der Waals surface area contributed by atoms with Gasteiger partial charge in [0.2, 0.25) is 5.91 Å². The number of amides is 1. The number of nitrogens with zero attached hydrogens (tertiary/aromatic N) is 4. The van der Waals surface area contributed by atoms with Gasteiger partial charge in [-0.3, -0.25) is 9.48 Å². The summed E-state index contributed by atoms with van der Waals surface area (Å²) in [6, 6.07) is 8.06. The molecule has 0 saturated carbocycles. The molecule has 1 aromatic heterocycles. The van der Waals surface area contributed by atoms with Gasteiger partial charge in [0.1, 0.15) is 18.4 Å². The summed E-state index contributed by atoms with van der Waals surface area (Å²) >= 11 is 0. The molecule has 3 rings (SSSR count). The van der Waals surface area contributed by atoms with Gasteiger partial charge in [0, 0.05) is 26.1 Å². The van der Waals surface area contributed by atoms with Crippen LogP contribution in [-0.2, 0) is 11.3 Å². The first kappa shape index (κ1) is 16.3. The van der Waals surface area contributed by atoms with Crippen molar-refractivity contribution in [3.05, 3.63) is 36.9 Å². The lowest BCUT2D eigenvalue weighted by Crippen LogP contribution is -2.31. The zero-order valence-electron chi connectivity index (χ0n) is 13.9. The average molecular weight is 329 g/mol. The molecule has 0 aliphatic carbocycles. The predicted octanol–water partition coefficient (Wildman–Crippen LogP) is 1.32. The number of hydrogen-bond donors (Lipinski definition) is 1. The number of hydrogen-bond acceptors (Lipinski definition) is 5. The molecule has 1 aliphatic rings. The van der Waals surface area contributed by atoms with Crippen molar-refractivity contribution in [2.24, 2.45) is 5.92 Å². The molecule has 0 bridgehead atoms. The molecule has 128 valence electrons. The van der Waals surface area contributed by atoms with Crippen LogP contribution in [0.3, 0.4) is 0 Å². The molecule has 1 atom stereocenters. The SMILES string of the molecule is COc1ccccc1N1CCC(CNC(=O)CCn2cncn2)C1. The first-order chi connectivity index (χ1) is 11.8. The third-order valence-corrected chi connectivity index (χ3v) is 4.33. The molecule has 0 radical (unpaired) electrons. The molecule has 0 spiro atoms. The van der Waals surface area contributed by atoms with E-state index in [1.165, 1.54) is 6.33 Å². The minimum Gasteiger partial charge on any atom is -0.495 e. The van der Waals surface area contributed by atoms with Crippen LogP contribution in [0.1, 0.15) is 12.8 Å². The summed E-state index contributed by atoms with van der Waals surface area (Å²) in [5.41, 5.74) is 1.13. The Morgan fingerprint density at radius 3 is 3.08 bits per heavy atom. The van der Waals surface area contributed by atoms with Gasteiger partial charge in [-0.2, -0.15) is 5.10 Å². The Balaban J connectivity index is 1.43. The number of carbonyl (C=O) groups is 1. The number of ether oxygens (including phenoxy) is 1. The first-order valence-electron chi connectivity index (χ1n) is 8.23. The van der Waals surface area contributed by atoms with Crippen LogP contribution in [0.4, 0.5) is 5.69 Å². The summed E-state index contributed by atoms with van der Waals surface area (Å²) in [4.78, 5) is 18.1. The highest BCUT2D eigenvalue weighted by atomic mass is 16.5. The lowest BCUT2D eigenvalue weighted by Gasteiger charge is -2.21. The Hall–Kier alpha value is -2.57. The number of nitrogens with one attached hydrogen (secondary N) is 1. The van der Waals surface area contributed by atoms with E-state index in [4.69, 9.17) is 4.74 Å². The number of para-hydroxylation sites is 2. The fourth-order valence-electron chi connectivity index (χ4n) is 3.02. The molecule has 1 aliphatic heterocycles. The summed E-state index contributed by atoms with van der Waals surface area (Å²) in [5, 5.41) is 7.02. The van der Waals surface area contributed by atoms with Crippen LogP contribution in [-0.4, -0.2) is 47.4 Å². The Bertz CT molecular complexity index is 659. The minimum absolute atomic E-state index is 0.0567. The van der Waals surface area contributed by atoms with Crippen molar-refractivity contribution in [1.29, 1.82) is 0 Å². The van der Waals surface area contributed by atoms with Gasteiger partial charge in [-0.25, -0.2) is 4.98 Å². The van der Waals surface area contributed by atoms with Gasteiger partial charge in [0.25, 0.3) is 0 Å². The Kier molecular flexibility index (Phi) is 5.30. The van der Waals surface area contributed by atoms with E-state index in [0.29, 0.717) is 25.4 Å². The number of anilines is 1. The number of benzene rings is 1. The summed E-state index contributed by atoms with van der Waals surface area (Å²) in [5.74, 6) is 1.42. The maximum Gasteiger partial charge on any atom is 0.221 e. The van der Waals surface area contributed by atoms with E-state index >= 15 is 0 Å². The van der Waals surface area contributed by atoms with Gasteiger partial charge in [-0.1, -0.05) is 12.1 Å². The van der Waals surface area contributed by atoms with Crippen molar-refractivity contribution in [2.75, 3.05) is 31.6 Å². The molecule has 1 amide bonds. The molecule has 2 aromatic rings. The molecule has 1 unspecified atom stereocenters. The Morgan fingerprint density at radius 1 is 1.42 bits per heavy atom. The summed E-state index contributed by atoms with van der Waals surface area (Å²) < 4.78 is 7.10. The normalized spacial score (nSPS) is 17.0. The maximum absolute atomic E-state index is 11.9. The summed E-state index contributed by atoms with van der Waals surface area (Å²) in [6.45, 7) is 3.19. The number of rotatable bonds is 7. The third kappa shape index (κ3) is 4.04. The first-order valence-corrected chi connectivity index (χ1v) is 8.23. The van der Waals surface area contributed by atoms with Crippen molar-refractivity contribution >= 4 is 11.6 Å². The van der Waals surface area contributed by atoms with Crippen molar-refractivity contribution in [3.8, 4) is 5.75 Å². The number of aromatic nitrogens is 3. The molecule has 7 heteroatoms. The number of aryl methyl sites for hydroxylation is 1. The van der Waals surface area contributed by atoms with Crippen molar-refractivity contribution in [1.82, 2.24) is 20.1 Å². The van der Waals surface area contributed by atoms with E-state index in [0.717, 1.165) is 30.9 Å². The fraction of sp³-hybridized carbons (Fsp3) is 0.471. The molecule has 24 heavy (non-hydrogen) atoms. The lowest BCUT2D eigenvalue weighted by atomic mass is 10.1.